The van der Waals surface area contributed by atoms with Crippen LogP contribution in [0.4, 0.5) is 5.69 Å². The van der Waals surface area contributed by atoms with Gasteiger partial charge >= 0.3 is 0 Å². The Morgan fingerprint density at radius 3 is 2.70 bits per heavy atom. The zero-order valence-electron chi connectivity index (χ0n) is 15.7. The van der Waals surface area contributed by atoms with Crippen molar-refractivity contribution in [1.29, 1.82) is 0 Å². The SMILES string of the molecule is COc1ccc(OC)c(NC(=O)CN(C)C[C@H]2COc3ccccc3O2)c1. The first-order valence-electron chi connectivity index (χ1n) is 8.68. The maximum absolute atomic E-state index is 12.4. The molecule has 27 heavy (non-hydrogen) atoms. The molecule has 2 aromatic rings. The van der Waals surface area contributed by atoms with Crippen LogP contribution in [-0.4, -0.2) is 57.9 Å². The van der Waals surface area contributed by atoms with Gasteiger partial charge in [-0.25, -0.2) is 0 Å². The monoisotopic (exact) mass is 372 g/mol. The van der Waals surface area contributed by atoms with Crippen LogP contribution in [-0.2, 0) is 4.79 Å². The summed E-state index contributed by atoms with van der Waals surface area (Å²) < 4.78 is 22.1. The Morgan fingerprint density at radius 1 is 1.19 bits per heavy atom. The van der Waals surface area contributed by atoms with Crippen molar-refractivity contribution in [2.24, 2.45) is 0 Å². The third-order valence-electron chi connectivity index (χ3n) is 4.18. The summed E-state index contributed by atoms with van der Waals surface area (Å²) in [4.78, 5) is 14.3. The molecule has 0 aliphatic carbocycles. The maximum Gasteiger partial charge on any atom is 0.238 e. The van der Waals surface area contributed by atoms with E-state index in [1.54, 1.807) is 32.4 Å². The lowest BCUT2D eigenvalue weighted by molar-refractivity contribution is -0.117. The third kappa shape index (κ3) is 4.83. The molecule has 1 aliphatic rings. The fraction of sp³-hybridized carbons (Fsp3) is 0.350. The lowest BCUT2D eigenvalue weighted by Crippen LogP contribution is -2.42. The molecular weight excluding hydrogens is 348 g/mol. The van der Waals surface area contributed by atoms with Gasteiger partial charge in [-0.3, -0.25) is 9.69 Å². The summed E-state index contributed by atoms with van der Waals surface area (Å²) in [7, 11) is 5.00. The Kier molecular flexibility index (Phi) is 6.03. The van der Waals surface area contributed by atoms with Crippen LogP contribution in [0.5, 0.6) is 23.0 Å². The van der Waals surface area contributed by atoms with Gasteiger partial charge in [0.15, 0.2) is 11.5 Å². The van der Waals surface area contributed by atoms with Crippen LogP contribution in [0.3, 0.4) is 0 Å². The number of carbonyl (C=O) groups excluding carboxylic acids is 1. The van der Waals surface area contributed by atoms with Gasteiger partial charge in [-0.15, -0.1) is 0 Å². The summed E-state index contributed by atoms with van der Waals surface area (Å²) >= 11 is 0. The highest BCUT2D eigenvalue weighted by Gasteiger charge is 2.22. The maximum atomic E-state index is 12.4. The number of para-hydroxylation sites is 2. The van der Waals surface area contributed by atoms with Gasteiger partial charge in [-0.2, -0.15) is 0 Å². The first-order chi connectivity index (χ1) is 13.1. The lowest BCUT2D eigenvalue weighted by Gasteiger charge is -2.29. The number of nitrogens with one attached hydrogen (secondary N) is 1. The van der Waals surface area contributed by atoms with Crippen molar-refractivity contribution in [3.05, 3.63) is 42.5 Å². The van der Waals surface area contributed by atoms with E-state index < -0.39 is 0 Å². The molecule has 1 heterocycles. The fourth-order valence-electron chi connectivity index (χ4n) is 2.91. The van der Waals surface area contributed by atoms with Gasteiger partial charge in [0.2, 0.25) is 5.91 Å². The minimum atomic E-state index is -0.152. The van der Waals surface area contributed by atoms with E-state index in [-0.39, 0.29) is 18.6 Å². The normalized spacial score (nSPS) is 15.3. The quantitative estimate of drug-likeness (QED) is 0.805. The van der Waals surface area contributed by atoms with Crippen LogP contribution < -0.4 is 24.3 Å². The molecule has 0 saturated carbocycles. The van der Waals surface area contributed by atoms with Crippen LogP contribution in [0.15, 0.2) is 42.5 Å². The number of benzene rings is 2. The van der Waals surface area contributed by atoms with E-state index in [0.717, 1.165) is 11.5 Å². The first-order valence-corrected chi connectivity index (χ1v) is 8.68. The van der Waals surface area contributed by atoms with Gasteiger partial charge in [-0.1, -0.05) is 12.1 Å². The number of amides is 1. The van der Waals surface area contributed by atoms with Crippen molar-refractivity contribution < 1.29 is 23.7 Å². The van der Waals surface area contributed by atoms with E-state index in [1.807, 2.05) is 36.2 Å². The summed E-state index contributed by atoms with van der Waals surface area (Å²) in [6.07, 6.45) is -0.135. The van der Waals surface area contributed by atoms with Crippen molar-refractivity contribution in [2.75, 3.05) is 46.3 Å². The smallest absolute Gasteiger partial charge is 0.238 e. The Hall–Kier alpha value is -2.93. The summed E-state index contributed by atoms with van der Waals surface area (Å²) in [6.45, 7) is 1.23. The summed E-state index contributed by atoms with van der Waals surface area (Å²) in [5.41, 5.74) is 0.571. The van der Waals surface area contributed by atoms with Gasteiger partial charge < -0.3 is 24.3 Å². The zero-order valence-corrected chi connectivity index (χ0v) is 15.7. The Morgan fingerprint density at radius 2 is 1.96 bits per heavy atom. The van der Waals surface area contributed by atoms with E-state index in [2.05, 4.69) is 5.32 Å². The molecule has 0 bridgehead atoms. The van der Waals surface area contributed by atoms with Gasteiger partial charge in [0.1, 0.15) is 24.2 Å². The second kappa shape index (κ2) is 8.64. The largest absolute Gasteiger partial charge is 0.497 e. The first kappa shape index (κ1) is 18.8. The molecule has 1 amide bonds. The number of nitrogens with zero attached hydrogens (tertiary/aromatic N) is 1. The minimum absolute atomic E-state index is 0.135. The number of hydrogen-bond acceptors (Lipinski definition) is 6. The topological polar surface area (TPSA) is 69.3 Å². The molecule has 1 N–H and O–H groups in total. The Bertz CT molecular complexity index is 796. The average molecular weight is 372 g/mol. The number of hydrogen-bond donors (Lipinski definition) is 1. The van der Waals surface area contributed by atoms with Crippen LogP contribution in [0.25, 0.3) is 0 Å². The minimum Gasteiger partial charge on any atom is -0.497 e. The average Bonchev–Trinajstić information content (AvgIpc) is 2.67. The van der Waals surface area contributed by atoms with Crippen LogP contribution >= 0.6 is 0 Å². The van der Waals surface area contributed by atoms with Crippen molar-refractivity contribution in [2.45, 2.75) is 6.10 Å². The molecule has 0 aromatic heterocycles. The molecule has 144 valence electrons. The molecular formula is C20H24N2O5. The highest BCUT2D eigenvalue weighted by Crippen LogP contribution is 2.31. The number of methoxy groups -OCH3 is 2. The molecule has 0 saturated heterocycles. The summed E-state index contributed by atoms with van der Waals surface area (Å²) in [5, 5.41) is 2.86. The second-order valence-electron chi connectivity index (χ2n) is 6.31. The number of ether oxygens (including phenoxy) is 4. The van der Waals surface area contributed by atoms with Gasteiger partial charge in [0.25, 0.3) is 0 Å². The van der Waals surface area contributed by atoms with Crippen LogP contribution in [0.1, 0.15) is 0 Å². The zero-order chi connectivity index (χ0) is 19.2. The molecule has 1 aliphatic heterocycles. The van der Waals surface area contributed by atoms with E-state index >= 15 is 0 Å². The number of fused-ring (bicyclic) bond motifs is 1. The summed E-state index contributed by atoms with van der Waals surface area (Å²) in [5.74, 6) is 2.55. The molecule has 0 unspecified atom stereocenters. The molecule has 0 radical (unpaired) electrons. The predicted molar refractivity (Wildman–Crippen MR) is 102 cm³/mol. The molecule has 2 aromatic carbocycles. The van der Waals surface area contributed by atoms with Crippen molar-refractivity contribution in [1.82, 2.24) is 4.90 Å². The van der Waals surface area contributed by atoms with Gasteiger partial charge in [-0.05, 0) is 31.3 Å². The van der Waals surface area contributed by atoms with Gasteiger partial charge in [0.05, 0.1) is 26.5 Å². The summed E-state index contributed by atoms with van der Waals surface area (Å²) in [6, 6.07) is 12.8. The molecule has 1 atom stereocenters. The molecule has 3 rings (SSSR count). The number of carbonyl (C=O) groups is 1. The van der Waals surface area contributed by atoms with Crippen molar-refractivity contribution >= 4 is 11.6 Å². The van der Waals surface area contributed by atoms with Gasteiger partial charge in [0, 0.05) is 12.6 Å². The number of anilines is 1. The number of likely N-dealkylation sites (N-methyl/N-ethyl adjacent to an activating group) is 1. The lowest BCUT2D eigenvalue weighted by atomic mass is 10.2. The van der Waals surface area contributed by atoms with E-state index in [0.29, 0.717) is 30.3 Å². The Labute approximate surface area is 158 Å². The van der Waals surface area contributed by atoms with E-state index in [4.69, 9.17) is 18.9 Å². The highest BCUT2D eigenvalue weighted by atomic mass is 16.6. The fourth-order valence-corrected chi connectivity index (χ4v) is 2.91. The molecule has 7 heteroatoms. The predicted octanol–water partition coefficient (Wildman–Crippen LogP) is 2.41. The van der Waals surface area contributed by atoms with Crippen molar-refractivity contribution in [3.8, 4) is 23.0 Å². The number of rotatable bonds is 7. The second-order valence-corrected chi connectivity index (χ2v) is 6.31. The molecule has 7 nitrogen and oxygen atoms in total. The van der Waals surface area contributed by atoms with Crippen LogP contribution in [0, 0.1) is 0 Å². The molecule has 0 fully saturated rings. The van der Waals surface area contributed by atoms with Crippen LogP contribution in [0.2, 0.25) is 0 Å². The molecule has 0 spiro atoms. The van der Waals surface area contributed by atoms with E-state index in [1.165, 1.54) is 0 Å². The highest BCUT2D eigenvalue weighted by molar-refractivity contribution is 5.94. The Balaban J connectivity index is 1.54. The standard InChI is InChI=1S/C20H24N2O5/c1-22(11-15-13-26-18-6-4-5-7-19(18)27-15)12-20(23)21-16-10-14(24-2)8-9-17(16)25-3/h4-10,15H,11-13H2,1-3H3,(H,21,23)/t15-/m0/s1. The third-order valence-corrected chi connectivity index (χ3v) is 4.18. The van der Waals surface area contributed by atoms with E-state index in [9.17, 15) is 4.79 Å². The van der Waals surface area contributed by atoms with Crippen molar-refractivity contribution in [3.63, 3.8) is 0 Å².